The quantitative estimate of drug-likeness (QED) is 0.573. The maximum absolute atomic E-state index is 13.1. The molecule has 0 unspecified atom stereocenters. The van der Waals surface area contributed by atoms with Crippen LogP contribution in [0.1, 0.15) is 24.1 Å². The molecule has 0 aliphatic carbocycles. The maximum Gasteiger partial charge on any atom is 0.433 e. The molecule has 2 aliphatic rings. The lowest BCUT2D eigenvalue weighted by atomic mass is 10.2. The maximum atomic E-state index is 13.1. The number of hydrogen-bond donors (Lipinski definition) is 0. The van der Waals surface area contributed by atoms with Gasteiger partial charge in [0.15, 0.2) is 0 Å². The van der Waals surface area contributed by atoms with Crippen LogP contribution in [-0.4, -0.2) is 60.3 Å². The molecule has 1 amide bonds. The third kappa shape index (κ3) is 5.37. The molecule has 0 radical (unpaired) electrons. The Labute approximate surface area is 196 Å². The largest absolute Gasteiger partial charge is 0.487 e. The SMILES string of the molecule is O=C1CCN(S(=O)(=O)c2ccc(C(F)(F)F)cc2)C[C@H]2C[C@H](Oc3ccc(C(F)(F)F)nc3)CN12. The first-order valence-electron chi connectivity index (χ1n) is 10.4. The highest BCUT2D eigenvalue weighted by molar-refractivity contribution is 7.89. The smallest absolute Gasteiger partial charge is 0.433 e. The predicted molar refractivity (Wildman–Crippen MR) is 109 cm³/mol. The number of nitrogens with zero attached hydrogens (tertiary/aromatic N) is 3. The molecule has 7 nitrogen and oxygen atoms in total. The van der Waals surface area contributed by atoms with Crippen molar-refractivity contribution in [1.82, 2.24) is 14.2 Å². The number of alkyl halides is 6. The molecular weight excluding hydrogens is 504 g/mol. The number of sulfonamides is 1. The molecule has 0 bridgehead atoms. The number of amides is 1. The van der Waals surface area contributed by atoms with Gasteiger partial charge in [-0.3, -0.25) is 4.79 Å². The Balaban J connectivity index is 1.47. The molecule has 1 aromatic heterocycles. The predicted octanol–water partition coefficient (Wildman–Crippen LogP) is 3.56. The van der Waals surface area contributed by atoms with Gasteiger partial charge in [0.2, 0.25) is 15.9 Å². The van der Waals surface area contributed by atoms with Crippen molar-refractivity contribution < 1.29 is 44.3 Å². The molecule has 0 N–H and O–H groups in total. The van der Waals surface area contributed by atoms with E-state index < -0.39 is 45.8 Å². The van der Waals surface area contributed by atoms with E-state index in [1.54, 1.807) is 0 Å². The van der Waals surface area contributed by atoms with Crippen molar-refractivity contribution >= 4 is 15.9 Å². The van der Waals surface area contributed by atoms with E-state index in [1.807, 2.05) is 0 Å². The molecule has 2 atom stereocenters. The van der Waals surface area contributed by atoms with Gasteiger partial charge < -0.3 is 9.64 Å². The van der Waals surface area contributed by atoms with E-state index in [9.17, 15) is 39.6 Å². The number of pyridine rings is 1. The molecular formula is C21H19F6N3O4S. The van der Waals surface area contributed by atoms with E-state index in [0.29, 0.717) is 12.1 Å². The Morgan fingerprint density at radius 1 is 0.943 bits per heavy atom. The van der Waals surface area contributed by atoms with Crippen molar-refractivity contribution in [3.63, 3.8) is 0 Å². The first kappa shape index (κ1) is 25.2. The Morgan fingerprint density at radius 2 is 1.63 bits per heavy atom. The summed E-state index contributed by atoms with van der Waals surface area (Å²) in [5, 5.41) is 0. The molecule has 2 fully saturated rings. The van der Waals surface area contributed by atoms with E-state index in [1.165, 1.54) is 4.90 Å². The standard InChI is InChI=1S/C21H19F6N3O4S/c22-20(23,24)13-1-4-17(5-2-13)35(32,33)29-8-7-19(31)30-12-16(9-14(30)11-29)34-15-3-6-18(28-10-15)21(25,26)27/h1-6,10,14,16H,7-9,11-12H2/t14-,16+/m1/s1. The highest BCUT2D eigenvalue weighted by Gasteiger charge is 2.42. The average molecular weight is 523 g/mol. The number of aromatic nitrogens is 1. The van der Waals surface area contributed by atoms with Crippen molar-refractivity contribution in [3.8, 4) is 5.75 Å². The molecule has 0 spiro atoms. The molecule has 190 valence electrons. The van der Waals surface area contributed by atoms with Crippen molar-refractivity contribution in [1.29, 1.82) is 0 Å². The molecule has 35 heavy (non-hydrogen) atoms. The summed E-state index contributed by atoms with van der Waals surface area (Å²) < 4.78 is 109. The van der Waals surface area contributed by atoms with Crippen LogP contribution in [0.2, 0.25) is 0 Å². The van der Waals surface area contributed by atoms with Crippen LogP contribution in [0.15, 0.2) is 47.5 Å². The fourth-order valence-corrected chi connectivity index (χ4v) is 5.60. The van der Waals surface area contributed by atoms with Gasteiger partial charge >= 0.3 is 12.4 Å². The van der Waals surface area contributed by atoms with Gasteiger partial charge in [0.25, 0.3) is 0 Å². The van der Waals surface area contributed by atoms with Gasteiger partial charge in [-0.15, -0.1) is 0 Å². The fourth-order valence-electron chi connectivity index (χ4n) is 4.12. The number of benzene rings is 1. The minimum absolute atomic E-state index is 0.0716. The first-order chi connectivity index (χ1) is 16.2. The van der Waals surface area contributed by atoms with Crippen LogP contribution in [0, 0.1) is 0 Å². The lowest BCUT2D eigenvalue weighted by Gasteiger charge is -2.25. The topological polar surface area (TPSA) is 79.8 Å². The van der Waals surface area contributed by atoms with Crippen LogP contribution in [0.4, 0.5) is 26.3 Å². The third-order valence-corrected chi connectivity index (χ3v) is 7.71. The van der Waals surface area contributed by atoms with Crippen molar-refractivity contribution in [2.75, 3.05) is 19.6 Å². The van der Waals surface area contributed by atoms with Gasteiger partial charge in [-0.2, -0.15) is 30.6 Å². The Morgan fingerprint density at radius 3 is 2.20 bits per heavy atom. The zero-order valence-corrected chi connectivity index (χ0v) is 18.7. The highest BCUT2D eigenvalue weighted by atomic mass is 32.2. The van der Waals surface area contributed by atoms with Crippen molar-refractivity contribution in [2.24, 2.45) is 0 Å². The number of ether oxygens (including phenoxy) is 1. The summed E-state index contributed by atoms with van der Waals surface area (Å²) in [5.41, 5.74) is -2.06. The zero-order chi connectivity index (χ0) is 25.6. The number of rotatable bonds is 4. The van der Waals surface area contributed by atoms with E-state index in [0.717, 1.165) is 34.8 Å². The van der Waals surface area contributed by atoms with E-state index in [2.05, 4.69) is 4.98 Å². The van der Waals surface area contributed by atoms with Crippen molar-refractivity contribution in [3.05, 3.63) is 53.9 Å². The van der Waals surface area contributed by atoms with Gasteiger partial charge in [-0.05, 0) is 36.4 Å². The molecule has 4 rings (SSSR count). The summed E-state index contributed by atoms with van der Waals surface area (Å²) >= 11 is 0. The minimum Gasteiger partial charge on any atom is -0.487 e. The molecule has 0 saturated carbocycles. The molecule has 2 aliphatic heterocycles. The lowest BCUT2D eigenvalue weighted by molar-refractivity contribution is -0.141. The van der Waals surface area contributed by atoms with Crippen LogP contribution in [0.25, 0.3) is 0 Å². The summed E-state index contributed by atoms with van der Waals surface area (Å²) in [6.07, 6.45) is -8.80. The van der Waals surface area contributed by atoms with Gasteiger partial charge in [0.05, 0.1) is 23.2 Å². The normalized spacial score (nSPS) is 22.1. The minimum atomic E-state index is -4.61. The summed E-state index contributed by atoms with van der Waals surface area (Å²) in [5.74, 6) is -0.251. The summed E-state index contributed by atoms with van der Waals surface area (Å²) in [7, 11) is -4.18. The summed E-state index contributed by atoms with van der Waals surface area (Å²) in [4.78, 5) is 17.1. The second-order valence-corrected chi connectivity index (χ2v) is 10.1. The number of halogens is 6. The molecule has 14 heteroatoms. The Bertz CT molecular complexity index is 1180. The molecule has 2 aromatic rings. The van der Waals surface area contributed by atoms with E-state index in [-0.39, 0.29) is 49.0 Å². The van der Waals surface area contributed by atoms with Crippen LogP contribution in [0.5, 0.6) is 5.75 Å². The second kappa shape index (κ2) is 8.97. The van der Waals surface area contributed by atoms with Crippen molar-refractivity contribution in [2.45, 2.75) is 42.2 Å². The van der Waals surface area contributed by atoms with Gasteiger partial charge in [-0.1, -0.05) is 0 Å². The van der Waals surface area contributed by atoms with Crippen LogP contribution < -0.4 is 4.74 Å². The van der Waals surface area contributed by atoms with Gasteiger partial charge in [0.1, 0.15) is 17.5 Å². The molecule has 2 saturated heterocycles. The lowest BCUT2D eigenvalue weighted by Crippen LogP contribution is -2.40. The molecule has 1 aromatic carbocycles. The summed E-state index contributed by atoms with van der Waals surface area (Å²) in [6, 6.07) is 4.43. The number of carbonyl (C=O) groups excluding carboxylic acids is 1. The average Bonchev–Trinajstić information content (AvgIpc) is 3.10. The van der Waals surface area contributed by atoms with E-state index in [4.69, 9.17) is 4.74 Å². The second-order valence-electron chi connectivity index (χ2n) is 8.19. The van der Waals surface area contributed by atoms with Gasteiger partial charge in [-0.25, -0.2) is 13.4 Å². The highest BCUT2D eigenvalue weighted by Crippen LogP contribution is 2.33. The van der Waals surface area contributed by atoms with Crippen LogP contribution in [-0.2, 0) is 27.2 Å². The monoisotopic (exact) mass is 523 g/mol. The number of carbonyl (C=O) groups is 1. The summed E-state index contributed by atoms with van der Waals surface area (Å²) in [6.45, 7) is -0.123. The number of hydrogen-bond acceptors (Lipinski definition) is 5. The van der Waals surface area contributed by atoms with Gasteiger partial charge in [0, 0.05) is 32.0 Å². The van der Waals surface area contributed by atoms with E-state index >= 15 is 0 Å². The first-order valence-corrected chi connectivity index (χ1v) is 11.9. The Kier molecular flexibility index (Phi) is 6.47. The van der Waals surface area contributed by atoms with Crippen LogP contribution in [0.3, 0.4) is 0 Å². The van der Waals surface area contributed by atoms with Crippen LogP contribution >= 0.6 is 0 Å². The number of fused-ring (bicyclic) bond motifs is 1. The fraction of sp³-hybridized carbons (Fsp3) is 0.429. The Hall–Kier alpha value is -2.87. The molecule has 3 heterocycles. The zero-order valence-electron chi connectivity index (χ0n) is 17.9. The third-order valence-electron chi connectivity index (χ3n) is 5.83.